The molecule has 3 aromatic rings. The van der Waals surface area contributed by atoms with E-state index >= 15 is 0 Å². The van der Waals surface area contributed by atoms with Gasteiger partial charge in [-0.25, -0.2) is 0 Å². The van der Waals surface area contributed by atoms with Crippen molar-refractivity contribution in [3.05, 3.63) is 94.5 Å². The number of hydrogen-bond donors (Lipinski definition) is 1. The summed E-state index contributed by atoms with van der Waals surface area (Å²) in [5, 5.41) is 3.10. The van der Waals surface area contributed by atoms with E-state index in [2.05, 4.69) is 15.3 Å². The number of benzene rings is 1. The minimum atomic E-state index is -4.51. The number of carbonyl (C=O) groups is 1. The molecular weight excluding hydrogens is 391 g/mol. The first kappa shape index (κ1) is 19.8. The zero-order valence-corrected chi connectivity index (χ0v) is 15.2. The first-order valence-corrected chi connectivity index (χ1v) is 8.70. The van der Waals surface area contributed by atoms with Crippen molar-refractivity contribution in [2.75, 3.05) is 6.54 Å². The summed E-state index contributed by atoms with van der Waals surface area (Å²) in [4.78, 5) is 19.9. The Morgan fingerprint density at radius 1 is 1.04 bits per heavy atom. The van der Waals surface area contributed by atoms with Crippen LogP contribution in [0.25, 0.3) is 0 Å². The number of rotatable bonds is 5. The number of hydrogen-bond acceptors (Lipinski definition) is 3. The number of amides is 1. The Morgan fingerprint density at radius 2 is 1.75 bits per heavy atom. The molecule has 0 saturated heterocycles. The van der Waals surface area contributed by atoms with E-state index in [1.807, 2.05) is 0 Å². The molecule has 0 aliphatic heterocycles. The van der Waals surface area contributed by atoms with Crippen molar-refractivity contribution in [2.45, 2.75) is 12.1 Å². The average Bonchev–Trinajstić information content (AvgIpc) is 2.69. The predicted octanol–water partition coefficient (Wildman–Crippen LogP) is 4.71. The zero-order chi connectivity index (χ0) is 20.1. The molecule has 28 heavy (non-hydrogen) atoms. The molecule has 0 spiro atoms. The van der Waals surface area contributed by atoms with Crippen LogP contribution in [-0.2, 0) is 6.18 Å². The minimum absolute atomic E-state index is 0.154. The Morgan fingerprint density at radius 3 is 2.36 bits per heavy atom. The largest absolute Gasteiger partial charge is 0.433 e. The van der Waals surface area contributed by atoms with Crippen LogP contribution in [0.2, 0.25) is 5.02 Å². The van der Waals surface area contributed by atoms with Gasteiger partial charge in [0, 0.05) is 31.1 Å². The number of halogens is 4. The molecule has 1 amide bonds. The van der Waals surface area contributed by atoms with E-state index in [4.69, 9.17) is 11.6 Å². The molecule has 0 saturated carbocycles. The summed E-state index contributed by atoms with van der Waals surface area (Å²) in [7, 11) is 0. The second-order valence-corrected chi connectivity index (χ2v) is 6.40. The zero-order valence-electron chi connectivity index (χ0n) is 14.4. The SMILES string of the molecule is O=C(NCC(c1ccncc1)c1ccc(C(F)(F)F)nc1)c1ccccc1Cl. The molecule has 8 heteroatoms. The van der Waals surface area contributed by atoms with Crippen molar-refractivity contribution in [3.63, 3.8) is 0 Å². The quantitative estimate of drug-likeness (QED) is 0.668. The summed E-state index contributed by atoms with van der Waals surface area (Å²) >= 11 is 6.04. The molecule has 0 fully saturated rings. The van der Waals surface area contributed by atoms with Gasteiger partial charge in [0.15, 0.2) is 0 Å². The van der Waals surface area contributed by atoms with Crippen LogP contribution in [0.4, 0.5) is 13.2 Å². The summed E-state index contributed by atoms with van der Waals surface area (Å²) < 4.78 is 38.3. The lowest BCUT2D eigenvalue weighted by Crippen LogP contribution is -2.29. The molecule has 1 N–H and O–H groups in total. The topological polar surface area (TPSA) is 54.9 Å². The lowest BCUT2D eigenvalue weighted by molar-refractivity contribution is -0.141. The van der Waals surface area contributed by atoms with Crippen LogP contribution in [0.1, 0.15) is 33.1 Å². The molecule has 1 atom stereocenters. The number of carbonyl (C=O) groups excluding carboxylic acids is 1. The molecule has 0 aliphatic carbocycles. The molecular formula is C20H15ClF3N3O. The van der Waals surface area contributed by atoms with Crippen molar-refractivity contribution in [2.24, 2.45) is 0 Å². The fourth-order valence-electron chi connectivity index (χ4n) is 2.74. The second-order valence-electron chi connectivity index (χ2n) is 6.00. The van der Waals surface area contributed by atoms with Crippen LogP contribution in [0.5, 0.6) is 0 Å². The van der Waals surface area contributed by atoms with Gasteiger partial charge in [-0.15, -0.1) is 0 Å². The van der Waals surface area contributed by atoms with E-state index in [9.17, 15) is 18.0 Å². The second kappa shape index (κ2) is 8.39. The van der Waals surface area contributed by atoms with E-state index in [0.29, 0.717) is 16.1 Å². The molecule has 1 aromatic carbocycles. The molecule has 4 nitrogen and oxygen atoms in total. The van der Waals surface area contributed by atoms with Gasteiger partial charge in [-0.3, -0.25) is 14.8 Å². The summed E-state index contributed by atoms with van der Waals surface area (Å²) in [5.74, 6) is -0.770. The molecule has 3 rings (SSSR count). The van der Waals surface area contributed by atoms with Crippen molar-refractivity contribution in [3.8, 4) is 0 Å². The van der Waals surface area contributed by atoms with Gasteiger partial charge < -0.3 is 5.32 Å². The van der Waals surface area contributed by atoms with Gasteiger partial charge in [-0.2, -0.15) is 13.2 Å². The molecule has 1 unspecified atom stereocenters. The first-order chi connectivity index (χ1) is 13.4. The Labute approximate surface area is 164 Å². The molecule has 0 bridgehead atoms. The Bertz CT molecular complexity index is 947. The number of alkyl halides is 3. The lowest BCUT2D eigenvalue weighted by atomic mass is 9.92. The van der Waals surface area contributed by atoms with E-state index in [1.54, 1.807) is 48.8 Å². The third-order valence-corrected chi connectivity index (χ3v) is 4.50. The standard InChI is InChI=1S/C20H15ClF3N3O/c21-17-4-2-1-3-15(17)19(28)27-12-16(13-7-9-25-10-8-13)14-5-6-18(26-11-14)20(22,23)24/h1-11,16H,12H2,(H,27,28). The lowest BCUT2D eigenvalue weighted by Gasteiger charge is -2.19. The van der Waals surface area contributed by atoms with Crippen molar-refractivity contribution >= 4 is 17.5 Å². The molecule has 2 heterocycles. The maximum atomic E-state index is 12.8. The molecule has 0 aliphatic rings. The van der Waals surface area contributed by atoms with E-state index in [0.717, 1.165) is 11.6 Å². The van der Waals surface area contributed by atoms with Gasteiger partial charge in [0.05, 0.1) is 10.6 Å². The molecule has 144 valence electrons. The normalized spacial score (nSPS) is 12.4. The highest BCUT2D eigenvalue weighted by atomic mass is 35.5. The minimum Gasteiger partial charge on any atom is -0.351 e. The van der Waals surface area contributed by atoms with E-state index in [1.165, 1.54) is 12.3 Å². The monoisotopic (exact) mass is 405 g/mol. The van der Waals surface area contributed by atoms with Crippen LogP contribution in [0.15, 0.2) is 67.1 Å². The smallest absolute Gasteiger partial charge is 0.351 e. The summed E-state index contributed by atoms with van der Waals surface area (Å²) in [6, 6.07) is 12.4. The predicted molar refractivity (Wildman–Crippen MR) is 99.1 cm³/mol. The van der Waals surface area contributed by atoms with Gasteiger partial charge in [0.25, 0.3) is 5.91 Å². The Kier molecular flexibility index (Phi) is 5.94. The fourth-order valence-corrected chi connectivity index (χ4v) is 2.96. The molecule has 2 aromatic heterocycles. The maximum Gasteiger partial charge on any atom is 0.433 e. The van der Waals surface area contributed by atoms with Crippen LogP contribution in [0.3, 0.4) is 0 Å². The average molecular weight is 406 g/mol. The Balaban J connectivity index is 1.84. The van der Waals surface area contributed by atoms with Gasteiger partial charge in [-0.05, 0) is 41.5 Å². The van der Waals surface area contributed by atoms with Crippen LogP contribution >= 0.6 is 11.6 Å². The van der Waals surface area contributed by atoms with E-state index in [-0.39, 0.29) is 12.5 Å². The van der Waals surface area contributed by atoms with Crippen molar-refractivity contribution in [1.29, 1.82) is 0 Å². The fraction of sp³-hybridized carbons (Fsp3) is 0.150. The van der Waals surface area contributed by atoms with Crippen molar-refractivity contribution in [1.82, 2.24) is 15.3 Å². The third kappa shape index (κ3) is 4.67. The maximum absolute atomic E-state index is 12.8. The highest BCUT2D eigenvalue weighted by molar-refractivity contribution is 6.33. The first-order valence-electron chi connectivity index (χ1n) is 8.32. The van der Waals surface area contributed by atoms with Gasteiger partial charge >= 0.3 is 6.18 Å². The van der Waals surface area contributed by atoms with E-state index < -0.39 is 17.8 Å². The number of nitrogens with one attached hydrogen (secondary N) is 1. The van der Waals surface area contributed by atoms with Crippen LogP contribution in [0, 0.1) is 0 Å². The van der Waals surface area contributed by atoms with Crippen LogP contribution < -0.4 is 5.32 Å². The van der Waals surface area contributed by atoms with Crippen molar-refractivity contribution < 1.29 is 18.0 Å². The van der Waals surface area contributed by atoms with Crippen LogP contribution in [-0.4, -0.2) is 22.4 Å². The van der Waals surface area contributed by atoms with Gasteiger partial charge in [0.1, 0.15) is 5.69 Å². The highest BCUT2D eigenvalue weighted by Gasteiger charge is 2.32. The number of nitrogens with zero attached hydrogens (tertiary/aromatic N) is 2. The number of aromatic nitrogens is 2. The molecule has 0 radical (unpaired) electrons. The summed E-state index contributed by atoms with van der Waals surface area (Å²) in [5.41, 5.74) is 0.683. The summed E-state index contributed by atoms with van der Waals surface area (Å²) in [6.45, 7) is 0.154. The highest BCUT2D eigenvalue weighted by Crippen LogP contribution is 2.29. The summed E-state index contributed by atoms with van der Waals surface area (Å²) in [6.07, 6.45) is -0.177. The third-order valence-electron chi connectivity index (χ3n) is 4.17. The van der Waals surface area contributed by atoms with Gasteiger partial charge in [0.2, 0.25) is 0 Å². The van der Waals surface area contributed by atoms with Gasteiger partial charge in [-0.1, -0.05) is 29.8 Å². The Hall–Kier alpha value is -2.93. The number of pyridine rings is 2.